The van der Waals surface area contributed by atoms with Crippen LogP contribution in [0.1, 0.15) is 41.9 Å². The zero-order valence-electron chi connectivity index (χ0n) is 26.7. The molecule has 246 valence electrons. The van der Waals surface area contributed by atoms with Gasteiger partial charge in [-0.3, -0.25) is 4.79 Å². The van der Waals surface area contributed by atoms with Gasteiger partial charge in [-0.05, 0) is 67.3 Å². The van der Waals surface area contributed by atoms with Crippen molar-refractivity contribution in [3.8, 4) is 11.5 Å². The molecule has 10 nitrogen and oxygen atoms in total. The Balaban J connectivity index is 1.45. The van der Waals surface area contributed by atoms with E-state index < -0.39 is 28.0 Å². The number of carbonyl (C=O) groups excluding carboxylic acids is 1. The molecule has 2 aliphatic heterocycles. The molecule has 0 bridgehead atoms. The molecule has 1 N–H and O–H groups in total. The second kappa shape index (κ2) is 15.2. The summed E-state index contributed by atoms with van der Waals surface area (Å²) in [7, 11) is -0.661. The molecular formula is C35H43N3O7S. The Hall–Kier alpha value is -3.77. The van der Waals surface area contributed by atoms with Crippen LogP contribution in [0.5, 0.6) is 11.5 Å². The summed E-state index contributed by atoms with van der Waals surface area (Å²) in [6.45, 7) is 5.15. The zero-order chi connectivity index (χ0) is 32.7. The molecule has 0 aliphatic carbocycles. The van der Waals surface area contributed by atoms with E-state index >= 15 is 0 Å². The van der Waals surface area contributed by atoms with Crippen LogP contribution in [0.3, 0.4) is 0 Å². The van der Waals surface area contributed by atoms with E-state index in [0.29, 0.717) is 25.4 Å². The van der Waals surface area contributed by atoms with Crippen molar-refractivity contribution in [1.29, 1.82) is 5.41 Å². The lowest BCUT2D eigenvalue weighted by Crippen LogP contribution is -2.53. The van der Waals surface area contributed by atoms with E-state index in [2.05, 4.69) is 11.0 Å². The third kappa shape index (κ3) is 7.78. The van der Waals surface area contributed by atoms with Crippen LogP contribution in [0.4, 0.5) is 5.69 Å². The molecule has 0 saturated carbocycles. The first-order valence-electron chi connectivity index (χ1n) is 15.6. The number of piperidine rings is 1. The summed E-state index contributed by atoms with van der Waals surface area (Å²) < 4.78 is 52.7. The lowest BCUT2D eigenvalue weighted by atomic mass is 9.82. The monoisotopic (exact) mass is 649 g/mol. The van der Waals surface area contributed by atoms with E-state index in [1.54, 1.807) is 38.5 Å². The molecule has 3 aromatic carbocycles. The number of aryl methyl sites for hydroxylation is 1. The first kappa shape index (κ1) is 33.6. The number of ether oxygens (including phenoxy) is 4. The Labute approximate surface area is 271 Å². The van der Waals surface area contributed by atoms with Crippen LogP contribution in [-0.4, -0.2) is 83.9 Å². The number of sulfonamides is 1. The van der Waals surface area contributed by atoms with Gasteiger partial charge in [-0.15, -0.1) is 0 Å². The molecule has 46 heavy (non-hydrogen) atoms. The van der Waals surface area contributed by atoms with Crippen LogP contribution < -0.4 is 14.4 Å². The summed E-state index contributed by atoms with van der Waals surface area (Å²) in [5.74, 6) is 0.913. The third-order valence-corrected chi connectivity index (χ3v) is 10.7. The van der Waals surface area contributed by atoms with Crippen molar-refractivity contribution in [2.75, 3.05) is 52.0 Å². The molecule has 0 spiro atoms. The minimum absolute atomic E-state index is 0.0556. The van der Waals surface area contributed by atoms with Gasteiger partial charge >= 0.3 is 0 Å². The maximum atomic E-state index is 14.1. The molecule has 2 aliphatic rings. The number of carbonyl (C=O) groups is 1. The number of methoxy groups -OCH3 is 2. The number of nitrogens with zero attached hydrogens (tertiary/aromatic N) is 2. The van der Waals surface area contributed by atoms with E-state index in [-0.39, 0.29) is 30.4 Å². The minimum Gasteiger partial charge on any atom is -0.497 e. The van der Waals surface area contributed by atoms with Gasteiger partial charge in [-0.1, -0.05) is 35.9 Å². The third-order valence-electron chi connectivity index (χ3n) is 8.73. The van der Waals surface area contributed by atoms with Crippen LogP contribution >= 0.6 is 0 Å². The van der Waals surface area contributed by atoms with Crippen LogP contribution in [0.15, 0.2) is 71.6 Å². The van der Waals surface area contributed by atoms with E-state index in [1.165, 1.54) is 4.31 Å². The summed E-state index contributed by atoms with van der Waals surface area (Å²) in [6.07, 6.45) is 1.42. The number of rotatable bonds is 14. The Morgan fingerprint density at radius 1 is 1.07 bits per heavy atom. The SMILES string of the molecule is COCCCN1CCOc2ccc(CO[C@H]3CN(S(=O)(=O)c4ccc(C)cc4)[C@@H](CC(=O)C=N)C[C@@H]3c3ccc(OC)cc3)cc21. The van der Waals surface area contributed by atoms with Crippen molar-refractivity contribution < 1.29 is 32.2 Å². The lowest BCUT2D eigenvalue weighted by molar-refractivity contribution is -0.114. The summed E-state index contributed by atoms with van der Waals surface area (Å²) in [5, 5.41) is 7.52. The minimum atomic E-state index is -3.97. The van der Waals surface area contributed by atoms with E-state index in [9.17, 15) is 13.2 Å². The fourth-order valence-corrected chi connectivity index (χ4v) is 7.89. The van der Waals surface area contributed by atoms with Gasteiger partial charge in [0.15, 0.2) is 5.78 Å². The van der Waals surface area contributed by atoms with Gasteiger partial charge in [-0.2, -0.15) is 4.31 Å². The molecule has 0 aromatic heterocycles. The highest BCUT2D eigenvalue weighted by atomic mass is 32.2. The molecule has 3 atom stereocenters. The van der Waals surface area contributed by atoms with Gasteiger partial charge in [-0.25, -0.2) is 8.42 Å². The summed E-state index contributed by atoms with van der Waals surface area (Å²) >= 11 is 0. The predicted molar refractivity (Wildman–Crippen MR) is 177 cm³/mol. The molecule has 3 aromatic rings. The fourth-order valence-electron chi connectivity index (χ4n) is 6.25. The number of benzene rings is 3. The Kier molecular flexibility index (Phi) is 11.1. The molecule has 1 fully saturated rings. The van der Waals surface area contributed by atoms with Crippen LogP contribution in [0.25, 0.3) is 0 Å². The fraction of sp³-hybridized carbons (Fsp3) is 0.429. The van der Waals surface area contributed by atoms with Crippen molar-refractivity contribution in [3.05, 3.63) is 83.4 Å². The van der Waals surface area contributed by atoms with Crippen molar-refractivity contribution in [2.45, 2.75) is 55.8 Å². The second-order valence-corrected chi connectivity index (χ2v) is 13.7. The number of anilines is 1. The molecule has 0 radical (unpaired) electrons. The molecule has 5 rings (SSSR count). The van der Waals surface area contributed by atoms with Gasteiger partial charge in [0.1, 0.15) is 18.1 Å². The zero-order valence-corrected chi connectivity index (χ0v) is 27.5. The molecule has 0 amide bonds. The van der Waals surface area contributed by atoms with Gasteiger partial charge in [0.05, 0.1) is 43.2 Å². The highest BCUT2D eigenvalue weighted by Gasteiger charge is 2.43. The quantitative estimate of drug-likeness (QED) is 0.192. The summed E-state index contributed by atoms with van der Waals surface area (Å²) in [4.78, 5) is 15.0. The first-order chi connectivity index (χ1) is 22.2. The van der Waals surface area contributed by atoms with Gasteiger partial charge < -0.3 is 29.3 Å². The molecule has 1 saturated heterocycles. The smallest absolute Gasteiger partial charge is 0.243 e. The molecule has 2 heterocycles. The van der Waals surface area contributed by atoms with Gasteiger partial charge in [0, 0.05) is 45.2 Å². The highest BCUT2D eigenvalue weighted by Crippen LogP contribution is 2.39. The maximum absolute atomic E-state index is 14.1. The summed E-state index contributed by atoms with van der Waals surface area (Å²) in [6, 6.07) is 19.8. The number of hydrogen-bond acceptors (Lipinski definition) is 9. The Bertz CT molecular complexity index is 1600. The number of ketones is 1. The van der Waals surface area contributed by atoms with Crippen molar-refractivity contribution in [2.24, 2.45) is 0 Å². The van der Waals surface area contributed by atoms with E-state index in [0.717, 1.165) is 53.9 Å². The highest BCUT2D eigenvalue weighted by molar-refractivity contribution is 7.89. The topological polar surface area (TPSA) is 118 Å². The Morgan fingerprint density at radius 2 is 1.83 bits per heavy atom. The average Bonchev–Trinajstić information content (AvgIpc) is 3.07. The van der Waals surface area contributed by atoms with Gasteiger partial charge in [0.2, 0.25) is 10.0 Å². The van der Waals surface area contributed by atoms with E-state index in [1.807, 2.05) is 43.3 Å². The number of fused-ring (bicyclic) bond motifs is 1. The van der Waals surface area contributed by atoms with Crippen molar-refractivity contribution in [3.63, 3.8) is 0 Å². The number of Topliss-reactive ketones (excluding diaryl/α,β-unsaturated/α-hetero) is 1. The summed E-state index contributed by atoms with van der Waals surface area (Å²) in [5.41, 5.74) is 3.87. The van der Waals surface area contributed by atoms with Crippen molar-refractivity contribution in [1.82, 2.24) is 4.31 Å². The standard InChI is InChI=1S/C35H43N3O7S/c1-25-5-12-31(13-6-25)46(40,41)38-23-35(32(21-28(38)20-29(39)22-36)27-8-10-30(43-3)11-9-27)45-24-26-7-14-34-33(19-26)37(16-18-44-34)15-4-17-42-2/h5-14,19,22,28,32,35-36H,4,15-18,20-21,23-24H2,1-3H3/t28-,32+,35-/m0/s1. The number of nitrogens with one attached hydrogen (secondary N) is 1. The molecular weight excluding hydrogens is 606 g/mol. The maximum Gasteiger partial charge on any atom is 0.243 e. The lowest BCUT2D eigenvalue weighted by Gasteiger charge is -2.43. The normalized spacial score (nSPS) is 20.1. The molecule has 0 unspecified atom stereocenters. The number of hydrogen-bond donors (Lipinski definition) is 1. The van der Waals surface area contributed by atoms with Crippen molar-refractivity contribution >= 4 is 27.7 Å². The second-order valence-electron chi connectivity index (χ2n) is 11.8. The average molecular weight is 650 g/mol. The van der Waals surface area contributed by atoms with Crippen LogP contribution in [0, 0.1) is 12.3 Å². The van der Waals surface area contributed by atoms with E-state index in [4.69, 9.17) is 24.4 Å². The molecule has 11 heteroatoms. The first-order valence-corrected chi connectivity index (χ1v) is 17.0. The van der Waals surface area contributed by atoms with Crippen LogP contribution in [-0.2, 0) is 30.9 Å². The van der Waals surface area contributed by atoms with Gasteiger partial charge in [0.25, 0.3) is 0 Å². The van der Waals surface area contributed by atoms with Crippen LogP contribution in [0.2, 0.25) is 0 Å². The largest absolute Gasteiger partial charge is 0.497 e. The Morgan fingerprint density at radius 3 is 2.52 bits per heavy atom. The predicted octanol–water partition coefficient (Wildman–Crippen LogP) is 4.98.